The number of anilines is 1. The molecule has 0 bridgehead atoms. The number of rotatable bonds is 4. The summed E-state index contributed by atoms with van der Waals surface area (Å²) in [6.45, 7) is 5.64. The quantitative estimate of drug-likeness (QED) is 0.832. The summed E-state index contributed by atoms with van der Waals surface area (Å²) in [7, 11) is 0. The zero-order valence-corrected chi connectivity index (χ0v) is 9.72. The summed E-state index contributed by atoms with van der Waals surface area (Å²) >= 11 is 0. The van der Waals surface area contributed by atoms with Crippen LogP contribution in [0.1, 0.15) is 20.8 Å². The first-order valence-corrected chi connectivity index (χ1v) is 5.24. The fourth-order valence-corrected chi connectivity index (χ4v) is 1.11. The smallest absolute Gasteiger partial charge is 0.149 e. The Morgan fingerprint density at radius 2 is 2.00 bits per heavy atom. The molecule has 0 heterocycles. The van der Waals surface area contributed by atoms with Gasteiger partial charge in [0.1, 0.15) is 11.6 Å². The lowest BCUT2D eigenvalue weighted by Crippen LogP contribution is -2.38. The second-order valence-electron chi connectivity index (χ2n) is 4.49. The van der Waals surface area contributed by atoms with Gasteiger partial charge in [-0.3, -0.25) is 0 Å². The van der Waals surface area contributed by atoms with Gasteiger partial charge in [-0.25, -0.2) is 8.78 Å². The zero-order valence-electron chi connectivity index (χ0n) is 9.72. The molecule has 0 saturated heterocycles. The summed E-state index contributed by atoms with van der Waals surface area (Å²) in [5.74, 6) is -1.22. The number of aliphatic hydroxyl groups is 1. The topological polar surface area (TPSA) is 32.3 Å². The van der Waals surface area contributed by atoms with Crippen molar-refractivity contribution in [3.8, 4) is 0 Å². The Balaban J connectivity index is 2.68. The average Bonchev–Trinajstić information content (AvgIpc) is 2.16. The summed E-state index contributed by atoms with van der Waals surface area (Å²) in [6, 6.07) is 3.31. The van der Waals surface area contributed by atoms with E-state index in [1.807, 2.05) is 13.8 Å². The van der Waals surface area contributed by atoms with Gasteiger partial charge in [0.2, 0.25) is 0 Å². The van der Waals surface area contributed by atoms with E-state index in [0.29, 0.717) is 0 Å². The van der Waals surface area contributed by atoms with E-state index in [9.17, 15) is 13.9 Å². The summed E-state index contributed by atoms with van der Waals surface area (Å²) in [6.07, 6.45) is 0. The molecule has 1 rings (SSSR count). The fraction of sp³-hybridized carbons (Fsp3) is 0.500. The fourth-order valence-electron chi connectivity index (χ4n) is 1.11. The Morgan fingerprint density at radius 1 is 1.38 bits per heavy atom. The highest BCUT2D eigenvalue weighted by Gasteiger charge is 2.24. The average molecular weight is 229 g/mol. The van der Waals surface area contributed by atoms with Crippen molar-refractivity contribution in [3.05, 3.63) is 29.8 Å². The molecule has 1 aromatic carbocycles. The van der Waals surface area contributed by atoms with E-state index in [2.05, 4.69) is 5.32 Å². The maximum absolute atomic E-state index is 13.2. The van der Waals surface area contributed by atoms with Crippen molar-refractivity contribution in [3.63, 3.8) is 0 Å². The van der Waals surface area contributed by atoms with Gasteiger partial charge in [0.05, 0.1) is 11.3 Å². The normalized spacial score (nSPS) is 14.9. The van der Waals surface area contributed by atoms with Crippen molar-refractivity contribution >= 4 is 5.69 Å². The molecule has 4 heteroatoms. The van der Waals surface area contributed by atoms with Crippen molar-refractivity contribution in [2.24, 2.45) is 5.92 Å². The highest BCUT2D eigenvalue weighted by Crippen LogP contribution is 2.19. The van der Waals surface area contributed by atoms with Crippen LogP contribution in [0.25, 0.3) is 0 Å². The van der Waals surface area contributed by atoms with Crippen LogP contribution in [-0.2, 0) is 0 Å². The van der Waals surface area contributed by atoms with E-state index in [1.165, 1.54) is 12.1 Å². The SMILES string of the molecule is CC(C)C(C)(O)CNc1ccc(F)cc1F. The van der Waals surface area contributed by atoms with Crippen LogP contribution in [0.4, 0.5) is 14.5 Å². The molecule has 2 N–H and O–H groups in total. The first-order chi connectivity index (χ1) is 7.33. The Labute approximate surface area is 94.3 Å². The Morgan fingerprint density at radius 3 is 2.50 bits per heavy atom. The van der Waals surface area contributed by atoms with Crippen LogP contribution in [0.3, 0.4) is 0 Å². The van der Waals surface area contributed by atoms with Crippen LogP contribution in [0.2, 0.25) is 0 Å². The van der Waals surface area contributed by atoms with Crippen molar-refractivity contribution in [1.82, 2.24) is 0 Å². The van der Waals surface area contributed by atoms with E-state index >= 15 is 0 Å². The second-order valence-corrected chi connectivity index (χ2v) is 4.49. The third-order valence-corrected chi connectivity index (χ3v) is 2.81. The van der Waals surface area contributed by atoms with Crippen LogP contribution < -0.4 is 5.32 Å². The minimum atomic E-state index is -0.930. The maximum Gasteiger partial charge on any atom is 0.149 e. The number of nitrogens with one attached hydrogen (secondary N) is 1. The van der Waals surface area contributed by atoms with Crippen LogP contribution in [0.5, 0.6) is 0 Å². The van der Waals surface area contributed by atoms with Gasteiger partial charge in [-0.1, -0.05) is 13.8 Å². The Hall–Kier alpha value is -1.16. The first kappa shape index (κ1) is 12.9. The van der Waals surface area contributed by atoms with Crippen molar-refractivity contribution in [1.29, 1.82) is 0 Å². The third-order valence-electron chi connectivity index (χ3n) is 2.81. The zero-order chi connectivity index (χ0) is 12.3. The molecule has 2 nitrogen and oxygen atoms in total. The van der Waals surface area contributed by atoms with Gasteiger partial charge in [0.25, 0.3) is 0 Å². The van der Waals surface area contributed by atoms with Crippen LogP contribution in [-0.4, -0.2) is 17.3 Å². The maximum atomic E-state index is 13.2. The van der Waals surface area contributed by atoms with Crippen LogP contribution in [0.15, 0.2) is 18.2 Å². The Bertz CT molecular complexity index is 364. The van der Waals surface area contributed by atoms with E-state index in [1.54, 1.807) is 6.92 Å². The summed E-state index contributed by atoms with van der Waals surface area (Å²) in [5.41, 5.74) is -0.733. The highest BCUT2D eigenvalue weighted by molar-refractivity contribution is 5.44. The lowest BCUT2D eigenvalue weighted by atomic mass is 9.92. The molecular weight excluding hydrogens is 212 g/mol. The summed E-state index contributed by atoms with van der Waals surface area (Å²) in [5, 5.41) is 12.7. The van der Waals surface area contributed by atoms with Crippen LogP contribution in [0, 0.1) is 17.6 Å². The second kappa shape index (κ2) is 4.78. The predicted octanol–water partition coefficient (Wildman–Crippen LogP) is 2.78. The number of hydrogen-bond donors (Lipinski definition) is 2. The number of benzene rings is 1. The lowest BCUT2D eigenvalue weighted by Gasteiger charge is -2.28. The molecule has 0 amide bonds. The first-order valence-electron chi connectivity index (χ1n) is 5.24. The van der Waals surface area contributed by atoms with E-state index in [-0.39, 0.29) is 18.2 Å². The van der Waals surface area contributed by atoms with Gasteiger partial charge in [0.15, 0.2) is 0 Å². The highest BCUT2D eigenvalue weighted by atomic mass is 19.1. The summed E-state index contributed by atoms with van der Waals surface area (Å²) in [4.78, 5) is 0. The van der Waals surface area contributed by atoms with Gasteiger partial charge in [-0.05, 0) is 25.0 Å². The molecule has 1 atom stereocenters. The molecule has 0 fully saturated rings. The third kappa shape index (κ3) is 3.17. The molecule has 0 aromatic heterocycles. The van der Waals surface area contributed by atoms with Gasteiger partial charge in [-0.2, -0.15) is 0 Å². The molecule has 16 heavy (non-hydrogen) atoms. The van der Waals surface area contributed by atoms with Gasteiger partial charge < -0.3 is 10.4 Å². The molecule has 1 aromatic rings. The Kier molecular flexibility index (Phi) is 3.86. The molecule has 0 aliphatic carbocycles. The molecular formula is C12H17F2NO. The van der Waals surface area contributed by atoms with E-state index in [4.69, 9.17) is 0 Å². The van der Waals surface area contributed by atoms with Crippen molar-refractivity contribution in [2.45, 2.75) is 26.4 Å². The number of halogens is 2. The van der Waals surface area contributed by atoms with Crippen molar-refractivity contribution in [2.75, 3.05) is 11.9 Å². The molecule has 0 aliphatic rings. The van der Waals surface area contributed by atoms with Crippen LogP contribution >= 0.6 is 0 Å². The largest absolute Gasteiger partial charge is 0.388 e. The minimum absolute atomic E-state index is 0.0449. The number of hydrogen-bond acceptors (Lipinski definition) is 2. The standard InChI is InChI=1S/C12H17F2NO/c1-8(2)12(3,16)7-15-11-5-4-9(13)6-10(11)14/h4-6,8,15-16H,7H2,1-3H3. The molecule has 0 saturated carbocycles. The molecule has 0 radical (unpaired) electrons. The summed E-state index contributed by atoms with van der Waals surface area (Å²) < 4.78 is 25.9. The van der Waals surface area contributed by atoms with E-state index in [0.717, 1.165) is 6.07 Å². The minimum Gasteiger partial charge on any atom is -0.388 e. The molecule has 0 aliphatic heterocycles. The molecule has 1 unspecified atom stereocenters. The molecule has 0 spiro atoms. The van der Waals surface area contributed by atoms with Gasteiger partial charge >= 0.3 is 0 Å². The lowest BCUT2D eigenvalue weighted by molar-refractivity contribution is 0.0266. The molecule has 90 valence electrons. The van der Waals surface area contributed by atoms with Gasteiger partial charge in [-0.15, -0.1) is 0 Å². The van der Waals surface area contributed by atoms with Gasteiger partial charge in [0, 0.05) is 12.6 Å². The monoisotopic (exact) mass is 229 g/mol. The van der Waals surface area contributed by atoms with E-state index < -0.39 is 17.2 Å². The predicted molar refractivity (Wildman–Crippen MR) is 60.3 cm³/mol. The van der Waals surface area contributed by atoms with Crippen molar-refractivity contribution < 1.29 is 13.9 Å².